The van der Waals surface area contributed by atoms with Gasteiger partial charge in [0.2, 0.25) is 11.6 Å². The molecule has 0 unspecified atom stereocenters. The zero-order valence-electron chi connectivity index (χ0n) is 17.3. The largest absolute Gasteiger partial charge is 0.497 e. The summed E-state index contributed by atoms with van der Waals surface area (Å²) < 4.78 is 13.3. The first kappa shape index (κ1) is 19.6. The van der Waals surface area contributed by atoms with Gasteiger partial charge in [0.05, 0.1) is 27.3 Å². The Bertz CT molecular complexity index is 1250. The number of benzene rings is 2. The van der Waals surface area contributed by atoms with Crippen molar-refractivity contribution in [2.45, 2.75) is 13.1 Å². The van der Waals surface area contributed by atoms with Crippen LogP contribution in [0.25, 0.3) is 0 Å². The summed E-state index contributed by atoms with van der Waals surface area (Å²) >= 11 is 0. The Morgan fingerprint density at radius 3 is 1.56 bits per heavy atom. The molecular weight excluding hydrogens is 412 g/mol. The number of carbonyl (C=O) groups is 2. The van der Waals surface area contributed by atoms with Crippen molar-refractivity contribution in [3.05, 3.63) is 82.4 Å². The predicted octanol–water partition coefficient (Wildman–Crippen LogP) is 1.76. The van der Waals surface area contributed by atoms with Crippen LogP contribution in [0.2, 0.25) is 0 Å². The number of rotatable bonds is 6. The lowest BCUT2D eigenvalue weighted by atomic mass is 9.98. The van der Waals surface area contributed by atoms with Gasteiger partial charge < -0.3 is 9.47 Å². The number of carbonyl (C=O) groups excluding carboxylic acids is 2. The minimum absolute atomic E-state index is 0.000381. The molecule has 0 bridgehead atoms. The van der Waals surface area contributed by atoms with Gasteiger partial charge in [-0.1, -0.05) is 34.7 Å². The van der Waals surface area contributed by atoms with Crippen LogP contribution in [0.5, 0.6) is 11.5 Å². The van der Waals surface area contributed by atoms with E-state index in [2.05, 4.69) is 20.6 Å². The van der Waals surface area contributed by atoms with Gasteiger partial charge in [-0.3, -0.25) is 9.59 Å². The number of aromatic nitrogens is 6. The fraction of sp³-hybridized carbons (Fsp3) is 0.182. The van der Waals surface area contributed by atoms with Crippen molar-refractivity contribution in [3.8, 4) is 11.5 Å². The maximum Gasteiger partial charge on any atom is 0.236 e. The highest BCUT2D eigenvalue weighted by molar-refractivity contribution is 6.25. The van der Waals surface area contributed by atoms with Crippen molar-refractivity contribution >= 4 is 11.6 Å². The van der Waals surface area contributed by atoms with Gasteiger partial charge in [-0.05, 0) is 35.4 Å². The second-order valence-corrected chi connectivity index (χ2v) is 7.25. The van der Waals surface area contributed by atoms with E-state index in [0.717, 1.165) is 11.1 Å². The molecule has 2 aromatic carbocycles. The van der Waals surface area contributed by atoms with Crippen LogP contribution >= 0.6 is 0 Å². The first-order chi connectivity index (χ1) is 15.6. The maximum absolute atomic E-state index is 13.2. The number of hydrogen-bond donors (Lipinski definition) is 0. The molecule has 10 nitrogen and oxygen atoms in total. The molecule has 0 spiro atoms. The number of fused-ring (bicyclic) bond motifs is 2. The van der Waals surface area contributed by atoms with E-state index < -0.39 is 11.6 Å². The van der Waals surface area contributed by atoms with Gasteiger partial charge in [-0.25, -0.2) is 9.36 Å². The molecule has 0 atom stereocenters. The van der Waals surface area contributed by atoms with E-state index in [1.165, 1.54) is 9.36 Å². The molecule has 1 aliphatic carbocycles. The lowest BCUT2D eigenvalue weighted by Gasteiger charge is -2.13. The van der Waals surface area contributed by atoms with Crippen LogP contribution in [-0.2, 0) is 13.1 Å². The molecule has 0 N–H and O–H groups in total. The Hall–Kier alpha value is -4.34. The molecule has 2 aromatic heterocycles. The lowest BCUT2D eigenvalue weighted by molar-refractivity contribution is 0.0963. The summed E-state index contributed by atoms with van der Waals surface area (Å²) in [7, 11) is 3.16. The summed E-state index contributed by atoms with van der Waals surface area (Å²) in [5.41, 5.74) is 1.92. The molecule has 32 heavy (non-hydrogen) atoms. The zero-order chi connectivity index (χ0) is 22.2. The molecule has 0 aliphatic heterocycles. The predicted molar refractivity (Wildman–Crippen MR) is 111 cm³/mol. The molecule has 0 fully saturated rings. The van der Waals surface area contributed by atoms with E-state index in [1.54, 1.807) is 14.2 Å². The molecule has 0 saturated heterocycles. The monoisotopic (exact) mass is 430 g/mol. The average Bonchev–Trinajstić information content (AvgIpc) is 3.43. The molecule has 160 valence electrons. The highest BCUT2D eigenvalue weighted by Crippen LogP contribution is 2.26. The molecule has 1 aliphatic rings. The summed E-state index contributed by atoms with van der Waals surface area (Å²) in [6.45, 7) is 0.512. The van der Waals surface area contributed by atoms with Gasteiger partial charge in [0, 0.05) is 0 Å². The van der Waals surface area contributed by atoms with Crippen molar-refractivity contribution in [1.82, 2.24) is 30.0 Å². The summed E-state index contributed by atoms with van der Waals surface area (Å²) in [4.78, 5) is 26.4. The Labute approximate surface area is 182 Å². The quantitative estimate of drug-likeness (QED) is 0.400. The van der Waals surface area contributed by atoms with Gasteiger partial charge in [-0.2, -0.15) is 0 Å². The lowest BCUT2D eigenvalue weighted by Crippen LogP contribution is -2.26. The second-order valence-electron chi connectivity index (χ2n) is 7.25. The molecule has 4 aromatic rings. The van der Waals surface area contributed by atoms with E-state index in [0.29, 0.717) is 11.5 Å². The third-order valence-corrected chi connectivity index (χ3v) is 5.26. The van der Waals surface area contributed by atoms with Crippen LogP contribution in [0.4, 0.5) is 0 Å². The highest BCUT2D eigenvalue weighted by Gasteiger charge is 2.39. The Morgan fingerprint density at radius 2 is 1.16 bits per heavy atom. The molecule has 2 heterocycles. The van der Waals surface area contributed by atoms with E-state index in [9.17, 15) is 9.59 Å². The van der Waals surface area contributed by atoms with Crippen LogP contribution in [0.15, 0.2) is 48.5 Å². The summed E-state index contributed by atoms with van der Waals surface area (Å²) in [6, 6.07) is 14.7. The number of ether oxygens (including phenoxy) is 2. The van der Waals surface area contributed by atoms with Gasteiger partial charge in [0.1, 0.15) is 22.9 Å². The Balaban J connectivity index is 1.48. The van der Waals surface area contributed by atoms with Crippen LogP contribution in [-0.4, -0.2) is 55.8 Å². The molecule has 5 rings (SSSR count). The molecular formula is C22H18N6O4. The maximum atomic E-state index is 13.2. The van der Waals surface area contributed by atoms with Crippen molar-refractivity contribution in [3.63, 3.8) is 0 Å². The van der Waals surface area contributed by atoms with Crippen LogP contribution in [0.1, 0.15) is 43.5 Å². The summed E-state index contributed by atoms with van der Waals surface area (Å²) in [6.07, 6.45) is 0. The van der Waals surface area contributed by atoms with Gasteiger partial charge in [0.15, 0.2) is 11.4 Å². The highest BCUT2D eigenvalue weighted by atomic mass is 16.5. The van der Waals surface area contributed by atoms with Gasteiger partial charge >= 0.3 is 0 Å². The third-order valence-electron chi connectivity index (χ3n) is 5.26. The topological polar surface area (TPSA) is 114 Å². The van der Waals surface area contributed by atoms with Crippen LogP contribution < -0.4 is 9.47 Å². The minimum atomic E-state index is -0.431. The normalized spacial score (nSPS) is 12.4. The first-order valence-corrected chi connectivity index (χ1v) is 9.81. The van der Waals surface area contributed by atoms with E-state index in [4.69, 9.17) is 9.47 Å². The summed E-state index contributed by atoms with van der Waals surface area (Å²) in [5, 5.41) is 16.1. The molecule has 0 saturated carbocycles. The smallest absolute Gasteiger partial charge is 0.236 e. The van der Waals surface area contributed by atoms with E-state index >= 15 is 0 Å². The number of nitrogens with zero attached hydrogens (tertiary/aromatic N) is 6. The van der Waals surface area contributed by atoms with E-state index in [1.807, 2.05) is 48.5 Å². The number of ketones is 2. The van der Waals surface area contributed by atoms with E-state index in [-0.39, 0.29) is 35.9 Å². The zero-order valence-corrected chi connectivity index (χ0v) is 17.3. The average molecular weight is 430 g/mol. The van der Waals surface area contributed by atoms with Gasteiger partial charge in [-0.15, -0.1) is 10.2 Å². The Kier molecular flexibility index (Phi) is 4.74. The van der Waals surface area contributed by atoms with Crippen LogP contribution in [0, 0.1) is 0 Å². The van der Waals surface area contributed by atoms with Crippen molar-refractivity contribution < 1.29 is 19.1 Å². The van der Waals surface area contributed by atoms with Crippen LogP contribution in [0.3, 0.4) is 0 Å². The van der Waals surface area contributed by atoms with Crippen molar-refractivity contribution in [2.75, 3.05) is 14.2 Å². The number of methoxy groups -OCH3 is 2. The first-order valence-electron chi connectivity index (χ1n) is 9.81. The Morgan fingerprint density at radius 1 is 0.719 bits per heavy atom. The van der Waals surface area contributed by atoms with Crippen molar-refractivity contribution in [1.29, 1.82) is 0 Å². The van der Waals surface area contributed by atoms with Crippen molar-refractivity contribution in [2.24, 2.45) is 0 Å². The fourth-order valence-electron chi connectivity index (χ4n) is 3.71. The SMILES string of the molecule is COc1cccc(Cn2nnc3c2C(=O)c2nnn(Cc4cccc(OC)c4)c2C3=O)c1. The number of hydrogen-bond acceptors (Lipinski definition) is 8. The minimum Gasteiger partial charge on any atom is -0.497 e. The summed E-state index contributed by atoms with van der Waals surface area (Å²) in [5.74, 6) is 0.502. The second kappa shape index (κ2) is 7.73. The third kappa shape index (κ3) is 3.22. The molecule has 10 heteroatoms. The molecule has 0 radical (unpaired) electrons. The fourth-order valence-corrected chi connectivity index (χ4v) is 3.71. The van der Waals surface area contributed by atoms with Gasteiger partial charge in [0.25, 0.3) is 0 Å². The standard InChI is InChI=1S/C22H18N6O4/c1-31-15-7-3-5-13(9-15)11-27-19-17(23-25-27)22(30)20-18(21(19)29)24-26-28(20)12-14-6-4-8-16(10-14)32-2/h3-10H,11-12H2,1-2H3. The molecule has 0 amide bonds.